The molecule has 1 heterocycles. The number of carbonyl (C=O) groups excluding carboxylic acids is 3. The fraction of sp³-hybridized carbons (Fsp3) is 0.179. The number of nitrogens with one attached hydrogen (secondary N) is 2. The predicted octanol–water partition coefficient (Wildman–Crippen LogP) is 4.41. The van der Waals surface area contributed by atoms with Crippen molar-refractivity contribution in [2.45, 2.75) is 25.5 Å². The van der Waals surface area contributed by atoms with Crippen LogP contribution in [0.4, 0.5) is 5.69 Å². The Morgan fingerprint density at radius 2 is 1.68 bits per heavy atom. The maximum atomic E-state index is 12.6. The number of hydrogen-bond acceptors (Lipinski definition) is 7. The van der Waals surface area contributed by atoms with E-state index < -0.39 is 5.97 Å². The molecule has 38 heavy (non-hydrogen) atoms. The van der Waals surface area contributed by atoms with Crippen LogP contribution in [0.1, 0.15) is 39.0 Å². The van der Waals surface area contributed by atoms with E-state index in [2.05, 4.69) is 20.8 Å². The first kappa shape index (κ1) is 26.6. The lowest BCUT2D eigenvalue weighted by atomic mass is 10.2. The second-order valence-electron chi connectivity index (χ2n) is 8.26. The number of rotatable bonds is 10. The molecule has 194 valence electrons. The summed E-state index contributed by atoms with van der Waals surface area (Å²) < 4.78 is 6.82. The molecule has 0 aliphatic heterocycles. The lowest BCUT2D eigenvalue weighted by molar-refractivity contribution is -0.113. The van der Waals surface area contributed by atoms with Crippen LogP contribution >= 0.6 is 11.8 Å². The van der Waals surface area contributed by atoms with Gasteiger partial charge in [-0.15, -0.1) is 10.2 Å². The molecule has 0 spiro atoms. The van der Waals surface area contributed by atoms with E-state index in [4.69, 9.17) is 4.74 Å². The summed E-state index contributed by atoms with van der Waals surface area (Å²) in [6, 6.07) is 23.3. The number of amides is 2. The predicted molar refractivity (Wildman–Crippen MR) is 145 cm³/mol. The molecule has 2 amide bonds. The second kappa shape index (κ2) is 12.7. The number of nitrogens with zero attached hydrogens (tertiary/aromatic N) is 3. The Kier molecular flexibility index (Phi) is 8.89. The molecule has 9 nitrogen and oxygen atoms in total. The van der Waals surface area contributed by atoms with E-state index in [0.29, 0.717) is 34.4 Å². The molecule has 10 heteroatoms. The molecule has 0 saturated carbocycles. The van der Waals surface area contributed by atoms with E-state index in [0.717, 1.165) is 11.3 Å². The largest absolute Gasteiger partial charge is 0.462 e. The van der Waals surface area contributed by atoms with Gasteiger partial charge in [-0.3, -0.25) is 14.2 Å². The van der Waals surface area contributed by atoms with E-state index in [1.807, 2.05) is 41.8 Å². The number of anilines is 1. The first-order valence-corrected chi connectivity index (χ1v) is 13.0. The van der Waals surface area contributed by atoms with Crippen molar-refractivity contribution in [1.29, 1.82) is 0 Å². The average Bonchev–Trinajstić information content (AvgIpc) is 3.34. The molecule has 0 bridgehead atoms. The fourth-order valence-corrected chi connectivity index (χ4v) is 4.39. The number of aryl methyl sites for hydroxylation is 1. The van der Waals surface area contributed by atoms with Gasteiger partial charge in [0, 0.05) is 16.9 Å². The summed E-state index contributed by atoms with van der Waals surface area (Å²) in [5.74, 6) is -0.243. The number of esters is 1. The number of benzene rings is 3. The Bertz CT molecular complexity index is 1420. The van der Waals surface area contributed by atoms with Gasteiger partial charge in [-0.25, -0.2) is 4.79 Å². The van der Waals surface area contributed by atoms with Crippen LogP contribution in [-0.4, -0.2) is 44.9 Å². The highest BCUT2D eigenvalue weighted by molar-refractivity contribution is 7.99. The third-order valence-corrected chi connectivity index (χ3v) is 6.34. The zero-order valence-electron chi connectivity index (χ0n) is 21.0. The second-order valence-corrected chi connectivity index (χ2v) is 9.20. The normalized spacial score (nSPS) is 10.6. The lowest BCUT2D eigenvalue weighted by Gasteiger charge is -2.12. The van der Waals surface area contributed by atoms with Gasteiger partial charge in [0.1, 0.15) is 0 Å². The van der Waals surface area contributed by atoms with Crippen molar-refractivity contribution in [3.05, 3.63) is 101 Å². The molecule has 0 radical (unpaired) electrons. The summed E-state index contributed by atoms with van der Waals surface area (Å²) in [6.07, 6.45) is 0. The number of ether oxygens (including phenoxy) is 1. The molecule has 0 saturated heterocycles. The summed E-state index contributed by atoms with van der Waals surface area (Å²) in [6.45, 7) is 4.18. The summed E-state index contributed by atoms with van der Waals surface area (Å²) in [4.78, 5) is 37.0. The van der Waals surface area contributed by atoms with Crippen LogP contribution in [0.15, 0.2) is 84.0 Å². The van der Waals surface area contributed by atoms with E-state index in [1.165, 1.54) is 11.8 Å². The maximum Gasteiger partial charge on any atom is 0.338 e. The fourth-order valence-electron chi connectivity index (χ4n) is 3.62. The molecule has 2 N–H and O–H groups in total. The molecule has 4 rings (SSSR count). The van der Waals surface area contributed by atoms with Gasteiger partial charge in [-0.1, -0.05) is 42.1 Å². The van der Waals surface area contributed by atoms with Crippen molar-refractivity contribution >= 4 is 35.2 Å². The van der Waals surface area contributed by atoms with Gasteiger partial charge >= 0.3 is 5.97 Å². The topological polar surface area (TPSA) is 115 Å². The van der Waals surface area contributed by atoms with Gasteiger partial charge in [-0.05, 0) is 67.9 Å². The Morgan fingerprint density at radius 3 is 2.39 bits per heavy atom. The lowest BCUT2D eigenvalue weighted by Crippen LogP contribution is -2.24. The summed E-state index contributed by atoms with van der Waals surface area (Å²) >= 11 is 1.23. The molecular formula is C28H27N5O4S. The van der Waals surface area contributed by atoms with Crippen LogP contribution in [0.5, 0.6) is 0 Å². The molecule has 0 aliphatic rings. The number of hydrogen-bond donors (Lipinski definition) is 2. The summed E-state index contributed by atoms with van der Waals surface area (Å²) in [7, 11) is 0. The van der Waals surface area contributed by atoms with Crippen LogP contribution in [0.25, 0.3) is 5.69 Å². The number of carbonyl (C=O) groups is 3. The van der Waals surface area contributed by atoms with Gasteiger partial charge in [0.25, 0.3) is 5.91 Å². The number of aromatic nitrogens is 3. The third kappa shape index (κ3) is 6.86. The molecule has 4 aromatic rings. The highest BCUT2D eigenvalue weighted by atomic mass is 32.2. The molecule has 1 aromatic heterocycles. The minimum atomic E-state index is -0.410. The SMILES string of the molecule is CCOC(=O)c1ccc(NC(=O)CSc2nnc(CNC(=O)c3ccccc3)n2-c2cccc(C)c2)cc1. The highest BCUT2D eigenvalue weighted by Crippen LogP contribution is 2.23. The van der Waals surface area contributed by atoms with Crippen LogP contribution < -0.4 is 10.6 Å². The molecule has 0 fully saturated rings. The minimum absolute atomic E-state index is 0.0833. The van der Waals surface area contributed by atoms with E-state index in [-0.39, 0.29) is 24.1 Å². The quantitative estimate of drug-likeness (QED) is 0.231. The van der Waals surface area contributed by atoms with Gasteiger partial charge in [-0.2, -0.15) is 0 Å². The van der Waals surface area contributed by atoms with Crippen LogP contribution in [0, 0.1) is 6.92 Å². The van der Waals surface area contributed by atoms with Crippen molar-refractivity contribution < 1.29 is 19.1 Å². The molecule has 0 aliphatic carbocycles. The van der Waals surface area contributed by atoms with Crippen molar-refractivity contribution in [3.8, 4) is 5.69 Å². The molecule has 0 unspecified atom stereocenters. The van der Waals surface area contributed by atoms with Crippen molar-refractivity contribution in [3.63, 3.8) is 0 Å². The third-order valence-electron chi connectivity index (χ3n) is 5.42. The van der Waals surface area contributed by atoms with E-state index >= 15 is 0 Å². The monoisotopic (exact) mass is 529 g/mol. The Morgan fingerprint density at radius 1 is 0.921 bits per heavy atom. The van der Waals surface area contributed by atoms with Crippen molar-refractivity contribution in [2.24, 2.45) is 0 Å². The van der Waals surface area contributed by atoms with Crippen LogP contribution in [0.2, 0.25) is 0 Å². The van der Waals surface area contributed by atoms with Crippen LogP contribution in [-0.2, 0) is 16.1 Å². The standard InChI is InChI=1S/C28H27N5O4S/c1-3-37-27(36)21-12-14-22(15-13-21)30-25(34)18-38-28-32-31-24(33(28)23-11-7-8-19(2)16-23)17-29-26(35)20-9-5-4-6-10-20/h4-16H,3,17-18H2,1-2H3,(H,29,35)(H,30,34). The maximum absolute atomic E-state index is 12.6. The van der Waals surface area contributed by atoms with Crippen LogP contribution in [0.3, 0.4) is 0 Å². The average molecular weight is 530 g/mol. The first-order valence-electron chi connectivity index (χ1n) is 12.0. The zero-order chi connectivity index (χ0) is 26.9. The Balaban J connectivity index is 1.45. The highest BCUT2D eigenvalue weighted by Gasteiger charge is 2.17. The van der Waals surface area contributed by atoms with E-state index in [9.17, 15) is 14.4 Å². The molecule has 0 atom stereocenters. The number of thioether (sulfide) groups is 1. The minimum Gasteiger partial charge on any atom is -0.462 e. The Labute approximate surface area is 224 Å². The summed E-state index contributed by atoms with van der Waals surface area (Å²) in [5.41, 5.74) is 3.41. The zero-order valence-corrected chi connectivity index (χ0v) is 21.8. The van der Waals surface area contributed by atoms with Gasteiger partial charge in [0.15, 0.2) is 11.0 Å². The van der Waals surface area contributed by atoms with Gasteiger partial charge in [0.2, 0.25) is 5.91 Å². The Hall–Kier alpha value is -4.44. The summed E-state index contributed by atoms with van der Waals surface area (Å²) in [5, 5.41) is 14.8. The smallest absolute Gasteiger partial charge is 0.338 e. The molecule has 3 aromatic carbocycles. The molecular weight excluding hydrogens is 502 g/mol. The first-order chi connectivity index (χ1) is 18.4. The van der Waals surface area contributed by atoms with Gasteiger partial charge < -0.3 is 15.4 Å². The van der Waals surface area contributed by atoms with E-state index in [1.54, 1.807) is 55.5 Å². The van der Waals surface area contributed by atoms with Crippen molar-refractivity contribution in [2.75, 3.05) is 17.7 Å². The van der Waals surface area contributed by atoms with Gasteiger partial charge in [0.05, 0.1) is 24.5 Å². The van der Waals surface area contributed by atoms with Crippen molar-refractivity contribution in [1.82, 2.24) is 20.1 Å².